The zero-order chi connectivity index (χ0) is 17.5. The Morgan fingerprint density at radius 3 is 2.71 bits per heavy atom. The van der Waals surface area contributed by atoms with Crippen LogP contribution in [0.4, 0.5) is 11.4 Å². The van der Waals surface area contributed by atoms with E-state index in [2.05, 4.69) is 20.5 Å². The maximum Gasteiger partial charge on any atom is 0.274 e. The number of amides is 1. The first-order valence-electron chi connectivity index (χ1n) is 7.49. The standard InChI is InChI=1S/C17H21ClN4O2/c1-22(2)9-8-19-12-6-7-20-15(11-12)17(23)21-13-4-5-16(24-3)14(18)10-13/h4-7,10-11H,8-9H2,1-3H3,(H,19,20)(H,21,23). The van der Waals surface area contributed by atoms with Crippen molar-refractivity contribution in [1.29, 1.82) is 0 Å². The molecule has 0 saturated carbocycles. The second kappa shape index (κ2) is 8.52. The fourth-order valence-electron chi connectivity index (χ4n) is 2.03. The molecule has 2 aromatic rings. The molecule has 0 bridgehead atoms. The summed E-state index contributed by atoms with van der Waals surface area (Å²) in [7, 11) is 5.55. The summed E-state index contributed by atoms with van der Waals surface area (Å²) in [5.41, 5.74) is 1.76. The van der Waals surface area contributed by atoms with E-state index in [0.717, 1.165) is 18.8 Å². The number of hydrogen-bond acceptors (Lipinski definition) is 5. The minimum Gasteiger partial charge on any atom is -0.495 e. The van der Waals surface area contributed by atoms with Gasteiger partial charge in [0.25, 0.3) is 5.91 Å². The third kappa shape index (κ3) is 5.11. The molecule has 0 aliphatic rings. The first-order valence-corrected chi connectivity index (χ1v) is 7.87. The molecule has 0 atom stereocenters. The van der Waals surface area contributed by atoms with Gasteiger partial charge in [0, 0.05) is 30.7 Å². The second-order valence-electron chi connectivity index (χ2n) is 5.46. The molecule has 0 saturated heterocycles. The topological polar surface area (TPSA) is 66.5 Å². The molecule has 0 fully saturated rings. The third-order valence-corrected chi connectivity index (χ3v) is 3.59. The first-order chi connectivity index (χ1) is 11.5. The smallest absolute Gasteiger partial charge is 0.274 e. The van der Waals surface area contributed by atoms with Crippen LogP contribution < -0.4 is 15.4 Å². The molecule has 2 N–H and O–H groups in total. The monoisotopic (exact) mass is 348 g/mol. The van der Waals surface area contributed by atoms with Crippen LogP contribution in [0.15, 0.2) is 36.5 Å². The van der Waals surface area contributed by atoms with Crippen LogP contribution in [0, 0.1) is 0 Å². The number of methoxy groups -OCH3 is 1. The van der Waals surface area contributed by atoms with Gasteiger partial charge in [-0.3, -0.25) is 9.78 Å². The highest BCUT2D eigenvalue weighted by Gasteiger charge is 2.10. The summed E-state index contributed by atoms with van der Waals surface area (Å²) in [5.74, 6) is 0.257. The lowest BCUT2D eigenvalue weighted by molar-refractivity contribution is 0.102. The molecule has 128 valence electrons. The van der Waals surface area contributed by atoms with Gasteiger partial charge in [0.2, 0.25) is 0 Å². The highest BCUT2D eigenvalue weighted by Crippen LogP contribution is 2.27. The molecule has 0 aliphatic heterocycles. The molecular weight excluding hydrogens is 328 g/mol. The molecule has 6 nitrogen and oxygen atoms in total. The quantitative estimate of drug-likeness (QED) is 0.805. The molecule has 0 aliphatic carbocycles. The molecule has 24 heavy (non-hydrogen) atoms. The van der Waals surface area contributed by atoms with Crippen molar-refractivity contribution in [3.8, 4) is 5.75 Å². The summed E-state index contributed by atoms with van der Waals surface area (Å²) in [6, 6.07) is 8.61. The summed E-state index contributed by atoms with van der Waals surface area (Å²) >= 11 is 6.06. The van der Waals surface area contributed by atoms with E-state index in [1.165, 1.54) is 7.11 Å². The lowest BCUT2D eigenvalue weighted by Crippen LogP contribution is -2.21. The molecule has 2 rings (SSSR count). The van der Waals surface area contributed by atoms with E-state index >= 15 is 0 Å². The van der Waals surface area contributed by atoms with Crippen molar-refractivity contribution in [2.75, 3.05) is 44.9 Å². The number of aromatic nitrogens is 1. The number of nitrogens with zero attached hydrogens (tertiary/aromatic N) is 2. The van der Waals surface area contributed by atoms with Crippen molar-refractivity contribution in [2.45, 2.75) is 0 Å². The van der Waals surface area contributed by atoms with E-state index in [1.807, 2.05) is 20.2 Å². The molecule has 1 aromatic heterocycles. The highest BCUT2D eigenvalue weighted by molar-refractivity contribution is 6.32. The average Bonchev–Trinajstić information content (AvgIpc) is 2.55. The van der Waals surface area contributed by atoms with Crippen LogP contribution in [0.5, 0.6) is 5.75 Å². The number of pyridine rings is 1. The summed E-state index contributed by atoms with van der Waals surface area (Å²) in [6.07, 6.45) is 1.61. The fraction of sp³-hybridized carbons (Fsp3) is 0.294. The summed E-state index contributed by atoms with van der Waals surface area (Å²) in [4.78, 5) is 18.5. The number of hydrogen-bond donors (Lipinski definition) is 2. The van der Waals surface area contributed by atoms with E-state index in [1.54, 1.807) is 30.5 Å². The molecule has 0 radical (unpaired) electrons. The normalized spacial score (nSPS) is 10.5. The lowest BCUT2D eigenvalue weighted by Gasteiger charge is -2.12. The van der Waals surface area contributed by atoms with Gasteiger partial charge in [0.15, 0.2) is 0 Å². The number of benzene rings is 1. The number of rotatable bonds is 7. The largest absolute Gasteiger partial charge is 0.495 e. The number of anilines is 2. The first kappa shape index (κ1) is 18.0. The van der Waals surface area contributed by atoms with Crippen molar-refractivity contribution < 1.29 is 9.53 Å². The number of ether oxygens (including phenoxy) is 1. The Morgan fingerprint density at radius 1 is 1.25 bits per heavy atom. The van der Waals surface area contributed by atoms with Gasteiger partial charge in [0.05, 0.1) is 12.1 Å². The molecule has 0 unspecified atom stereocenters. The maximum absolute atomic E-state index is 12.3. The number of carbonyl (C=O) groups excluding carboxylic acids is 1. The van der Waals surface area contributed by atoms with Gasteiger partial charge >= 0.3 is 0 Å². The Balaban J connectivity index is 2.03. The van der Waals surface area contributed by atoms with Crippen LogP contribution in [0.1, 0.15) is 10.5 Å². The van der Waals surface area contributed by atoms with E-state index in [4.69, 9.17) is 16.3 Å². The van der Waals surface area contributed by atoms with Crippen molar-refractivity contribution in [1.82, 2.24) is 9.88 Å². The third-order valence-electron chi connectivity index (χ3n) is 3.29. The number of halogens is 1. The molecule has 0 spiro atoms. The van der Waals surface area contributed by atoms with Gasteiger partial charge in [-0.1, -0.05) is 11.6 Å². The van der Waals surface area contributed by atoms with E-state index in [0.29, 0.717) is 22.2 Å². The van der Waals surface area contributed by atoms with Gasteiger partial charge in [0.1, 0.15) is 11.4 Å². The molecule has 1 heterocycles. The lowest BCUT2D eigenvalue weighted by atomic mass is 10.2. The molecule has 1 amide bonds. The summed E-state index contributed by atoms with van der Waals surface area (Å²) in [6.45, 7) is 1.68. The van der Waals surface area contributed by atoms with Crippen LogP contribution in [0.2, 0.25) is 5.02 Å². The average molecular weight is 349 g/mol. The number of carbonyl (C=O) groups is 1. The van der Waals surface area contributed by atoms with Crippen molar-refractivity contribution in [3.63, 3.8) is 0 Å². The maximum atomic E-state index is 12.3. The Hall–Kier alpha value is -2.31. The molecule has 7 heteroatoms. The van der Waals surface area contributed by atoms with E-state index in [9.17, 15) is 4.79 Å². The van der Waals surface area contributed by atoms with Crippen LogP contribution in [0.25, 0.3) is 0 Å². The minimum absolute atomic E-state index is 0.299. The predicted molar refractivity (Wildman–Crippen MR) is 97.2 cm³/mol. The van der Waals surface area contributed by atoms with E-state index in [-0.39, 0.29) is 5.91 Å². The van der Waals surface area contributed by atoms with Gasteiger partial charge in [-0.2, -0.15) is 0 Å². The number of nitrogens with one attached hydrogen (secondary N) is 2. The van der Waals surface area contributed by atoms with E-state index < -0.39 is 0 Å². The predicted octanol–water partition coefficient (Wildman–Crippen LogP) is 2.97. The zero-order valence-electron chi connectivity index (χ0n) is 14.0. The van der Waals surface area contributed by atoms with Crippen molar-refractivity contribution >= 4 is 28.9 Å². The SMILES string of the molecule is COc1ccc(NC(=O)c2cc(NCCN(C)C)ccn2)cc1Cl. The Kier molecular flexibility index (Phi) is 6.40. The highest BCUT2D eigenvalue weighted by atomic mass is 35.5. The Morgan fingerprint density at radius 2 is 2.04 bits per heavy atom. The van der Waals surface area contributed by atoms with Gasteiger partial charge in [-0.25, -0.2) is 0 Å². The number of likely N-dealkylation sites (N-methyl/N-ethyl adjacent to an activating group) is 1. The Bertz CT molecular complexity index is 707. The second-order valence-corrected chi connectivity index (χ2v) is 5.87. The van der Waals surface area contributed by atoms with Crippen molar-refractivity contribution in [3.05, 3.63) is 47.2 Å². The van der Waals surface area contributed by atoms with Gasteiger partial charge in [-0.05, 0) is 44.4 Å². The minimum atomic E-state index is -0.299. The fourth-order valence-corrected chi connectivity index (χ4v) is 2.29. The Labute approximate surface area is 146 Å². The summed E-state index contributed by atoms with van der Waals surface area (Å²) in [5, 5.41) is 6.47. The summed E-state index contributed by atoms with van der Waals surface area (Å²) < 4.78 is 5.09. The van der Waals surface area contributed by atoms with Gasteiger partial charge in [-0.15, -0.1) is 0 Å². The van der Waals surface area contributed by atoms with Crippen LogP contribution in [0.3, 0.4) is 0 Å². The zero-order valence-corrected chi connectivity index (χ0v) is 14.7. The van der Waals surface area contributed by atoms with Crippen LogP contribution in [-0.4, -0.2) is 50.1 Å². The van der Waals surface area contributed by atoms with Crippen LogP contribution >= 0.6 is 11.6 Å². The van der Waals surface area contributed by atoms with Gasteiger partial charge < -0.3 is 20.3 Å². The molecule has 1 aromatic carbocycles. The molecular formula is C17H21ClN4O2. The van der Waals surface area contributed by atoms with Crippen LogP contribution in [-0.2, 0) is 0 Å². The van der Waals surface area contributed by atoms with Crippen molar-refractivity contribution in [2.24, 2.45) is 0 Å².